The van der Waals surface area contributed by atoms with Crippen LogP contribution in [-0.4, -0.2) is 48.0 Å². The predicted octanol–water partition coefficient (Wildman–Crippen LogP) is 5.81. The van der Waals surface area contributed by atoms with E-state index >= 15 is 8.78 Å². The number of hydrogen-bond donors (Lipinski definition) is 1. The maximum absolute atomic E-state index is 15.4. The lowest BCUT2D eigenvalue weighted by Crippen LogP contribution is -2.60. The van der Waals surface area contributed by atoms with Crippen LogP contribution < -0.4 is 10.1 Å². The van der Waals surface area contributed by atoms with E-state index in [2.05, 4.69) is 5.32 Å². The maximum Gasteiger partial charge on any atom is 0.312 e. The number of rotatable bonds is 8. The zero-order valence-corrected chi connectivity index (χ0v) is 24.3. The third-order valence-corrected chi connectivity index (χ3v) is 7.87. The van der Waals surface area contributed by atoms with Crippen LogP contribution in [0.25, 0.3) is 0 Å². The van der Waals surface area contributed by atoms with Gasteiger partial charge in [-0.3, -0.25) is 14.5 Å². The van der Waals surface area contributed by atoms with E-state index in [1.165, 1.54) is 6.92 Å². The average molecular weight is 615 g/mol. The van der Waals surface area contributed by atoms with Gasteiger partial charge in [0.1, 0.15) is 18.5 Å². The van der Waals surface area contributed by atoms with E-state index in [4.69, 9.17) is 9.47 Å². The number of esters is 1. The summed E-state index contributed by atoms with van der Waals surface area (Å²) in [6.07, 6.45) is -0.866. The van der Waals surface area contributed by atoms with Gasteiger partial charge in [-0.05, 0) is 38.5 Å². The van der Waals surface area contributed by atoms with Gasteiger partial charge in [-0.25, -0.2) is 22.0 Å². The summed E-state index contributed by atoms with van der Waals surface area (Å²) < 4.78 is 85.4. The monoisotopic (exact) mass is 614 g/mol. The minimum absolute atomic E-state index is 0.0785. The smallest absolute Gasteiger partial charge is 0.312 e. The molecule has 3 unspecified atom stereocenters. The Balaban J connectivity index is 1.55. The van der Waals surface area contributed by atoms with Gasteiger partial charge < -0.3 is 14.8 Å². The topological polar surface area (TPSA) is 67.9 Å². The molecule has 44 heavy (non-hydrogen) atoms. The second-order valence-electron chi connectivity index (χ2n) is 11.6. The molecule has 232 valence electrons. The van der Waals surface area contributed by atoms with Gasteiger partial charge in [0.25, 0.3) is 0 Å². The highest BCUT2D eigenvalue weighted by Crippen LogP contribution is 2.48. The fourth-order valence-corrected chi connectivity index (χ4v) is 5.97. The van der Waals surface area contributed by atoms with E-state index < -0.39 is 69.9 Å². The number of benzene rings is 3. The fraction of sp³-hybridized carbons (Fsp3) is 0.333. The van der Waals surface area contributed by atoms with Crippen LogP contribution in [0, 0.1) is 35.0 Å². The summed E-state index contributed by atoms with van der Waals surface area (Å²) in [5.41, 5.74) is -1.67. The Morgan fingerprint density at radius 1 is 0.909 bits per heavy atom. The van der Waals surface area contributed by atoms with Crippen LogP contribution in [0.15, 0.2) is 71.9 Å². The third-order valence-electron chi connectivity index (χ3n) is 7.87. The summed E-state index contributed by atoms with van der Waals surface area (Å²) in [5.74, 6) is -15.3. The number of nitrogens with one attached hydrogen (secondary N) is 1. The molecule has 2 aliphatic rings. The van der Waals surface area contributed by atoms with Crippen molar-refractivity contribution < 1.29 is 41.0 Å². The summed E-state index contributed by atoms with van der Waals surface area (Å²) in [7, 11) is 0. The molecule has 1 N–H and O–H groups in total. The largest absolute Gasteiger partial charge is 0.490 e. The van der Waals surface area contributed by atoms with Crippen LogP contribution in [0.2, 0.25) is 0 Å². The first-order valence-corrected chi connectivity index (χ1v) is 14.1. The number of carbonyl (C=O) groups is 2. The first-order valence-electron chi connectivity index (χ1n) is 14.1. The molecule has 2 aliphatic heterocycles. The van der Waals surface area contributed by atoms with Crippen LogP contribution in [0.4, 0.5) is 22.0 Å². The summed E-state index contributed by atoms with van der Waals surface area (Å²) in [6, 6.07) is 18.0. The zero-order valence-electron chi connectivity index (χ0n) is 24.3. The predicted molar refractivity (Wildman–Crippen MR) is 151 cm³/mol. The number of hydrogen-bond acceptors (Lipinski definition) is 6. The van der Waals surface area contributed by atoms with E-state index in [0.717, 1.165) is 5.56 Å². The van der Waals surface area contributed by atoms with Gasteiger partial charge in [-0.2, -0.15) is 0 Å². The molecule has 3 aromatic rings. The highest BCUT2D eigenvalue weighted by molar-refractivity contribution is 6.01. The molecule has 0 amide bonds. The first kappa shape index (κ1) is 31.2. The van der Waals surface area contributed by atoms with Crippen molar-refractivity contribution in [2.45, 2.75) is 44.9 Å². The number of nitrogens with zero attached hydrogens (tertiary/aromatic N) is 1. The summed E-state index contributed by atoms with van der Waals surface area (Å²) in [6.45, 7) is 4.82. The van der Waals surface area contributed by atoms with Crippen molar-refractivity contribution in [2.75, 3.05) is 19.7 Å². The molecule has 6 nitrogen and oxygen atoms in total. The number of carbonyl (C=O) groups excluding carboxylic acids is 2. The molecule has 0 aliphatic carbocycles. The third kappa shape index (κ3) is 6.06. The van der Waals surface area contributed by atoms with E-state index in [1.807, 2.05) is 30.3 Å². The molecular weight excluding hydrogens is 583 g/mol. The highest BCUT2D eigenvalue weighted by atomic mass is 19.2. The van der Waals surface area contributed by atoms with Gasteiger partial charge in [0.2, 0.25) is 5.82 Å². The molecule has 0 saturated heterocycles. The van der Waals surface area contributed by atoms with Crippen LogP contribution in [0.3, 0.4) is 0 Å². The van der Waals surface area contributed by atoms with Crippen LogP contribution in [0.1, 0.15) is 37.8 Å². The van der Waals surface area contributed by atoms with Gasteiger partial charge in [0, 0.05) is 41.4 Å². The SMILES string of the molecule is CC(COc1ccccc1)OC(=O)C1C(c2c(F)c(F)c(F)c(F)c2F)C2=C(CN(Cc3ccccc3)CC2=O)NC1(C)C. The molecule has 0 bridgehead atoms. The van der Waals surface area contributed by atoms with Crippen molar-refractivity contribution in [3.63, 3.8) is 0 Å². The van der Waals surface area contributed by atoms with Crippen molar-refractivity contribution in [1.82, 2.24) is 10.2 Å². The minimum atomic E-state index is -2.33. The normalized spacial score (nSPS) is 20.5. The second kappa shape index (κ2) is 12.4. The van der Waals surface area contributed by atoms with E-state index in [-0.39, 0.29) is 31.0 Å². The molecule has 0 fully saturated rings. The first-order chi connectivity index (χ1) is 20.9. The summed E-state index contributed by atoms with van der Waals surface area (Å²) in [4.78, 5) is 29.3. The van der Waals surface area contributed by atoms with E-state index in [0.29, 0.717) is 12.3 Å². The van der Waals surface area contributed by atoms with Crippen LogP contribution >= 0.6 is 0 Å². The molecule has 3 atom stereocenters. The number of ether oxygens (including phenoxy) is 2. The van der Waals surface area contributed by atoms with Crippen molar-refractivity contribution >= 4 is 11.8 Å². The zero-order chi connectivity index (χ0) is 31.8. The Labute approximate surface area is 251 Å². The van der Waals surface area contributed by atoms with Crippen LogP contribution in [0.5, 0.6) is 5.75 Å². The average Bonchev–Trinajstić information content (AvgIpc) is 2.98. The van der Waals surface area contributed by atoms with Crippen molar-refractivity contribution in [3.05, 3.63) is 112 Å². The number of para-hydroxylation sites is 1. The summed E-state index contributed by atoms with van der Waals surface area (Å²) >= 11 is 0. The van der Waals surface area contributed by atoms with E-state index in [9.17, 15) is 22.8 Å². The maximum atomic E-state index is 15.4. The number of Topliss-reactive ketones (excluding diaryl/α,β-unsaturated/α-hetero) is 1. The summed E-state index contributed by atoms with van der Waals surface area (Å²) in [5, 5.41) is 3.16. The molecule has 0 spiro atoms. The molecule has 0 saturated carbocycles. The minimum Gasteiger partial charge on any atom is -0.490 e. The molecule has 11 heteroatoms. The Hall–Kier alpha value is -4.25. The van der Waals surface area contributed by atoms with Gasteiger partial charge >= 0.3 is 5.97 Å². The lowest BCUT2D eigenvalue weighted by atomic mass is 9.66. The molecule has 3 aromatic carbocycles. The van der Waals surface area contributed by atoms with Crippen molar-refractivity contribution in [2.24, 2.45) is 5.92 Å². The van der Waals surface area contributed by atoms with Crippen molar-refractivity contribution in [1.29, 1.82) is 0 Å². The van der Waals surface area contributed by atoms with E-state index in [1.54, 1.807) is 49.1 Å². The van der Waals surface area contributed by atoms with Gasteiger partial charge in [0.15, 0.2) is 29.1 Å². The molecule has 5 rings (SSSR count). The standard InChI is InChI=1S/C33H31F5N2O4/c1-18(17-43-20-12-8-5-9-13-20)44-32(42)26-24(25-27(34)29(36)31(38)30(37)28(25)35)23-21(39-33(26,2)3)15-40(16-22(23)41)14-19-10-6-4-7-11-19/h4-13,18,24,26,39H,14-17H2,1-3H3. The highest BCUT2D eigenvalue weighted by Gasteiger charge is 2.54. The molecule has 0 aromatic heterocycles. The Kier molecular flexibility index (Phi) is 8.78. The fourth-order valence-electron chi connectivity index (χ4n) is 5.97. The lowest BCUT2D eigenvalue weighted by Gasteiger charge is -2.48. The molecule has 0 radical (unpaired) electrons. The Bertz CT molecular complexity index is 1570. The van der Waals surface area contributed by atoms with Gasteiger partial charge in [-0.15, -0.1) is 0 Å². The van der Waals surface area contributed by atoms with Gasteiger partial charge in [-0.1, -0.05) is 48.5 Å². The quantitative estimate of drug-likeness (QED) is 0.150. The van der Waals surface area contributed by atoms with Crippen molar-refractivity contribution in [3.8, 4) is 5.75 Å². The Morgan fingerprint density at radius 2 is 1.48 bits per heavy atom. The lowest BCUT2D eigenvalue weighted by molar-refractivity contribution is -0.158. The number of ketones is 1. The van der Waals surface area contributed by atoms with Gasteiger partial charge in [0.05, 0.1) is 12.5 Å². The number of halogens is 5. The molecular formula is C33H31F5N2O4. The Morgan fingerprint density at radius 3 is 2.09 bits per heavy atom. The van der Waals surface area contributed by atoms with Crippen LogP contribution in [-0.2, 0) is 20.9 Å². The second-order valence-corrected chi connectivity index (χ2v) is 11.6. The molecule has 2 heterocycles.